The summed E-state index contributed by atoms with van der Waals surface area (Å²) in [6.07, 6.45) is 6.84. The van der Waals surface area contributed by atoms with Crippen molar-refractivity contribution in [3.05, 3.63) is 89.0 Å². The van der Waals surface area contributed by atoms with Crippen LogP contribution in [-0.4, -0.2) is 22.1 Å². The number of benzene rings is 2. The van der Waals surface area contributed by atoms with E-state index in [1.165, 1.54) is 6.08 Å². The SMILES string of the molecule is CCOc1ccc(/C=C/C(=O)NC(c2ccc(Cl)cc2)c2nccn2C)cc1. The van der Waals surface area contributed by atoms with Crippen LogP contribution < -0.4 is 10.1 Å². The Morgan fingerprint density at radius 1 is 1.21 bits per heavy atom. The monoisotopic (exact) mass is 395 g/mol. The molecule has 1 amide bonds. The van der Waals surface area contributed by atoms with Gasteiger partial charge in [-0.15, -0.1) is 0 Å². The van der Waals surface area contributed by atoms with Crippen LogP contribution in [0.1, 0.15) is 29.9 Å². The summed E-state index contributed by atoms with van der Waals surface area (Å²) >= 11 is 6.00. The van der Waals surface area contributed by atoms with E-state index in [2.05, 4.69) is 10.3 Å². The first-order valence-electron chi connectivity index (χ1n) is 9.01. The van der Waals surface area contributed by atoms with E-state index < -0.39 is 0 Å². The lowest BCUT2D eigenvalue weighted by atomic mass is 10.1. The molecule has 2 aromatic carbocycles. The molecule has 1 atom stereocenters. The summed E-state index contributed by atoms with van der Waals surface area (Å²) < 4.78 is 7.31. The molecule has 28 heavy (non-hydrogen) atoms. The second kappa shape index (κ2) is 9.24. The van der Waals surface area contributed by atoms with Crippen molar-refractivity contribution in [1.29, 1.82) is 0 Å². The molecular weight excluding hydrogens is 374 g/mol. The summed E-state index contributed by atoms with van der Waals surface area (Å²) in [7, 11) is 1.90. The van der Waals surface area contributed by atoms with E-state index in [4.69, 9.17) is 16.3 Å². The fourth-order valence-corrected chi connectivity index (χ4v) is 2.94. The predicted molar refractivity (Wildman–Crippen MR) is 111 cm³/mol. The Bertz CT molecular complexity index is 947. The van der Waals surface area contributed by atoms with Crippen molar-refractivity contribution in [1.82, 2.24) is 14.9 Å². The normalized spacial score (nSPS) is 12.1. The molecule has 3 rings (SSSR count). The summed E-state index contributed by atoms with van der Waals surface area (Å²) in [4.78, 5) is 16.9. The zero-order chi connectivity index (χ0) is 19.9. The van der Waals surface area contributed by atoms with E-state index >= 15 is 0 Å². The molecule has 0 saturated carbocycles. The number of ether oxygens (including phenoxy) is 1. The van der Waals surface area contributed by atoms with Crippen molar-refractivity contribution < 1.29 is 9.53 Å². The molecule has 0 spiro atoms. The quantitative estimate of drug-likeness (QED) is 0.603. The number of halogens is 1. The maximum atomic E-state index is 12.6. The van der Waals surface area contributed by atoms with Gasteiger partial charge in [0.15, 0.2) is 0 Å². The molecule has 5 nitrogen and oxygen atoms in total. The zero-order valence-corrected chi connectivity index (χ0v) is 16.6. The highest BCUT2D eigenvalue weighted by Gasteiger charge is 2.19. The zero-order valence-electron chi connectivity index (χ0n) is 15.8. The van der Waals surface area contributed by atoms with Crippen molar-refractivity contribution in [2.24, 2.45) is 7.05 Å². The van der Waals surface area contributed by atoms with Crippen LogP contribution >= 0.6 is 11.6 Å². The van der Waals surface area contributed by atoms with Crippen LogP contribution in [0.15, 0.2) is 67.0 Å². The molecule has 1 N–H and O–H groups in total. The molecule has 0 aliphatic heterocycles. The van der Waals surface area contributed by atoms with Gasteiger partial charge < -0.3 is 14.6 Å². The molecule has 0 saturated heterocycles. The molecule has 1 heterocycles. The molecule has 144 valence electrons. The van der Waals surface area contributed by atoms with Crippen LogP contribution in [0.4, 0.5) is 0 Å². The van der Waals surface area contributed by atoms with Crippen LogP contribution in [0.25, 0.3) is 6.08 Å². The van der Waals surface area contributed by atoms with Crippen molar-refractivity contribution in [2.45, 2.75) is 13.0 Å². The molecular formula is C22H22ClN3O2. The minimum absolute atomic E-state index is 0.211. The van der Waals surface area contributed by atoms with Gasteiger partial charge in [0.25, 0.3) is 0 Å². The topological polar surface area (TPSA) is 56.1 Å². The van der Waals surface area contributed by atoms with Gasteiger partial charge in [0.2, 0.25) is 5.91 Å². The largest absolute Gasteiger partial charge is 0.494 e. The van der Waals surface area contributed by atoms with Gasteiger partial charge in [-0.3, -0.25) is 4.79 Å². The van der Waals surface area contributed by atoms with Crippen molar-refractivity contribution in [3.63, 3.8) is 0 Å². The van der Waals surface area contributed by atoms with Crippen LogP contribution in [-0.2, 0) is 11.8 Å². The first-order chi connectivity index (χ1) is 13.6. The molecule has 0 radical (unpaired) electrons. The first-order valence-corrected chi connectivity index (χ1v) is 9.38. The Kier molecular flexibility index (Phi) is 6.50. The Morgan fingerprint density at radius 3 is 2.54 bits per heavy atom. The van der Waals surface area contributed by atoms with E-state index in [0.717, 1.165) is 22.7 Å². The standard InChI is InChI=1S/C22H22ClN3O2/c1-3-28-19-11-4-16(5-12-19)6-13-20(27)25-21(22-24-14-15-26(22)2)17-7-9-18(23)10-8-17/h4-15,21H,3H2,1-2H3,(H,25,27)/b13-6+. The van der Waals surface area contributed by atoms with Crippen molar-refractivity contribution >= 4 is 23.6 Å². The van der Waals surface area contributed by atoms with Crippen LogP contribution in [0.3, 0.4) is 0 Å². The number of rotatable bonds is 7. The van der Waals surface area contributed by atoms with E-state index in [9.17, 15) is 4.79 Å². The van der Waals surface area contributed by atoms with E-state index in [1.54, 1.807) is 24.4 Å². The summed E-state index contributed by atoms with van der Waals surface area (Å²) in [6, 6.07) is 14.6. The first kappa shape index (κ1) is 19.7. The highest BCUT2D eigenvalue weighted by atomic mass is 35.5. The lowest BCUT2D eigenvalue weighted by Gasteiger charge is -2.18. The molecule has 0 bridgehead atoms. The van der Waals surface area contributed by atoms with E-state index in [-0.39, 0.29) is 11.9 Å². The Morgan fingerprint density at radius 2 is 1.93 bits per heavy atom. The Balaban J connectivity index is 1.75. The summed E-state index contributed by atoms with van der Waals surface area (Å²) in [5.41, 5.74) is 1.82. The molecule has 3 aromatic rings. The van der Waals surface area contributed by atoms with Crippen LogP contribution in [0.2, 0.25) is 5.02 Å². The highest BCUT2D eigenvalue weighted by Crippen LogP contribution is 2.22. The second-order valence-electron chi connectivity index (χ2n) is 6.22. The van der Waals surface area contributed by atoms with Gasteiger partial charge in [-0.1, -0.05) is 35.9 Å². The molecule has 6 heteroatoms. The predicted octanol–water partition coefficient (Wildman–Crippen LogP) is 4.39. The number of aromatic nitrogens is 2. The van der Waals surface area contributed by atoms with Crippen LogP contribution in [0, 0.1) is 0 Å². The number of aryl methyl sites for hydroxylation is 1. The Labute approximate surface area is 169 Å². The minimum Gasteiger partial charge on any atom is -0.494 e. The minimum atomic E-state index is -0.380. The lowest BCUT2D eigenvalue weighted by molar-refractivity contribution is -0.117. The number of carbonyl (C=O) groups is 1. The van der Waals surface area contributed by atoms with E-state index in [0.29, 0.717) is 11.6 Å². The number of imidazole rings is 1. The second-order valence-corrected chi connectivity index (χ2v) is 6.66. The molecule has 1 unspecified atom stereocenters. The van der Waals surface area contributed by atoms with Gasteiger partial charge in [-0.25, -0.2) is 4.98 Å². The fourth-order valence-electron chi connectivity index (χ4n) is 2.81. The fraction of sp³-hybridized carbons (Fsp3) is 0.182. The van der Waals surface area contributed by atoms with Gasteiger partial charge in [0.05, 0.1) is 6.61 Å². The summed E-state index contributed by atoms with van der Waals surface area (Å²) in [5, 5.41) is 3.66. The van der Waals surface area contributed by atoms with E-state index in [1.807, 2.05) is 61.1 Å². The van der Waals surface area contributed by atoms with Crippen LogP contribution in [0.5, 0.6) is 5.75 Å². The van der Waals surface area contributed by atoms with Gasteiger partial charge in [0.1, 0.15) is 17.6 Å². The third-order valence-electron chi connectivity index (χ3n) is 4.22. The van der Waals surface area contributed by atoms with Crippen molar-refractivity contribution in [2.75, 3.05) is 6.61 Å². The third kappa shape index (κ3) is 5.02. The molecule has 0 fully saturated rings. The summed E-state index contributed by atoms with van der Waals surface area (Å²) in [6.45, 7) is 2.56. The molecule has 0 aliphatic rings. The number of nitrogens with one attached hydrogen (secondary N) is 1. The maximum absolute atomic E-state index is 12.6. The average Bonchev–Trinajstić information content (AvgIpc) is 3.12. The van der Waals surface area contributed by atoms with Gasteiger partial charge in [-0.2, -0.15) is 0 Å². The third-order valence-corrected chi connectivity index (χ3v) is 4.48. The smallest absolute Gasteiger partial charge is 0.244 e. The van der Waals surface area contributed by atoms with Gasteiger partial charge in [0, 0.05) is 30.5 Å². The van der Waals surface area contributed by atoms with Gasteiger partial charge in [-0.05, 0) is 48.4 Å². The number of amides is 1. The number of carbonyl (C=O) groups excluding carboxylic acids is 1. The van der Waals surface area contributed by atoms with Gasteiger partial charge >= 0.3 is 0 Å². The highest BCUT2D eigenvalue weighted by molar-refractivity contribution is 6.30. The molecule has 0 aliphatic carbocycles. The number of hydrogen-bond acceptors (Lipinski definition) is 3. The summed E-state index contributed by atoms with van der Waals surface area (Å²) in [5.74, 6) is 1.34. The average molecular weight is 396 g/mol. The Hall–Kier alpha value is -3.05. The molecule has 1 aromatic heterocycles. The van der Waals surface area contributed by atoms with Crippen molar-refractivity contribution in [3.8, 4) is 5.75 Å². The lowest BCUT2D eigenvalue weighted by Crippen LogP contribution is -2.29. The maximum Gasteiger partial charge on any atom is 0.244 e. The number of hydrogen-bond donors (Lipinski definition) is 1. The number of nitrogens with zero attached hydrogens (tertiary/aromatic N) is 2.